The van der Waals surface area contributed by atoms with Crippen molar-refractivity contribution in [3.8, 4) is 5.75 Å². The van der Waals surface area contributed by atoms with E-state index in [2.05, 4.69) is 15.2 Å². The number of imidazole rings is 1. The summed E-state index contributed by atoms with van der Waals surface area (Å²) in [4.78, 5) is 14.4. The van der Waals surface area contributed by atoms with Crippen molar-refractivity contribution in [3.63, 3.8) is 0 Å². The Balaban J connectivity index is 1.38. The lowest BCUT2D eigenvalue weighted by atomic mass is 9.93. The third-order valence-electron chi connectivity index (χ3n) is 7.06. The number of phenols is 1. The second-order valence-electron chi connectivity index (χ2n) is 9.50. The molecule has 2 heterocycles. The number of hydrogen-bond acceptors (Lipinski definition) is 7. The minimum Gasteiger partial charge on any atom is -0.508 e. The quantitative estimate of drug-likeness (QED) is 0.422. The van der Waals surface area contributed by atoms with Crippen LogP contribution in [-0.4, -0.2) is 48.4 Å². The normalized spacial score (nSPS) is 21.8. The van der Waals surface area contributed by atoms with E-state index in [0.717, 1.165) is 54.6 Å². The third-order valence-corrected chi connectivity index (χ3v) is 7.06. The molecule has 2 aliphatic rings. The van der Waals surface area contributed by atoms with Crippen LogP contribution in [0, 0.1) is 0 Å². The molecule has 0 amide bonds. The average molecular weight is 451 g/mol. The van der Waals surface area contributed by atoms with Crippen molar-refractivity contribution in [2.75, 3.05) is 17.2 Å². The van der Waals surface area contributed by atoms with Gasteiger partial charge in [0.05, 0.1) is 12.4 Å². The molecular formula is C25H34N6O2. The second-order valence-corrected chi connectivity index (χ2v) is 9.50. The van der Waals surface area contributed by atoms with Gasteiger partial charge in [0.15, 0.2) is 17.0 Å². The molecule has 33 heavy (non-hydrogen) atoms. The second kappa shape index (κ2) is 9.95. The first-order chi connectivity index (χ1) is 16.2. The van der Waals surface area contributed by atoms with Crippen molar-refractivity contribution < 1.29 is 10.2 Å². The number of hydrogen-bond donors (Lipinski definition) is 4. The van der Waals surface area contributed by atoms with E-state index >= 15 is 0 Å². The molecule has 1 aromatic carbocycles. The van der Waals surface area contributed by atoms with Crippen LogP contribution in [0.4, 0.5) is 11.8 Å². The Labute approximate surface area is 194 Å². The van der Waals surface area contributed by atoms with E-state index in [1.165, 1.54) is 32.1 Å². The van der Waals surface area contributed by atoms with Crippen molar-refractivity contribution in [2.24, 2.45) is 0 Å². The van der Waals surface area contributed by atoms with E-state index < -0.39 is 0 Å². The SMILES string of the molecule is Oc1ccc(CCNc2nc(NC3CCC(O)CC3)nc3c2ncn3C2CCCCC2)cc1. The molecule has 0 radical (unpaired) electrons. The van der Waals surface area contributed by atoms with Gasteiger partial charge in [-0.25, -0.2) is 4.98 Å². The van der Waals surface area contributed by atoms with Gasteiger partial charge in [0.2, 0.25) is 5.95 Å². The van der Waals surface area contributed by atoms with Gasteiger partial charge in [-0.15, -0.1) is 0 Å². The zero-order valence-corrected chi connectivity index (χ0v) is 19.1. The zero-order valence-electron chi connectivity index (χ0n) is 19.1. The maximum absolute atomic E-state index is 9.84. The fraction of sp³-hybridized carbons (Fsp3) is 0.560. The summed E-state index contributed by atoms with van der Waals surface area (Å²) in [5, 5.41) is 26.4. The molecule has 5 rings (SSSR count). The third kappa shape index (κ3) is 5.21. The number of aromatic hydroxyl groups is 1. The number of nitrogens with zero attached hydrogens (tertiary/aromatic N) is 4. The summed E-state index contributed by atoms with van der Waals surface area (Å²) in [6.07, 6.45) is 12.2. The van der Waals surface area contributed by atoms with Crippen molar-refractivity contribution in [1.82, 2.24) is 19.5 Å². The fourth-order valence-electron chi connectivity index (χ4n) is 5.12. The van der Waals surface area contributed by atoms with Gasteiger partial charge < -0.3 is 25.4 Å². The summed E-state index contributed by atoms with van der Waals surface area (Å²) in [5.41, 5.74) is 2.86. The number of benzene rings is 1. The fourth-order valence-corrected chi connectivity index (χ4v) is 5.12. The molecule has 0 aliphatic heterocycles. The maximum Gasteiger partial charge on any atom is 0.227 e. The van der Waals surface area contributed by atoms with Crippen LogP contribution >= 0.6 is 0 Å². The highest BCUT2D eigenvalue weighted by Gasteiger charge is 2.23. The highest BCUT2D eigenvalue weighted by Crippen LogP contribution is 2.32. The van der Waals surface area contributed by atoms with E-state index in [-0.39, 0.29) is 17.9 Å². The molecule has 2 fully saturated rings. The number of aliphatic hydroxyl groups excluding tert-OH is 1. The van der Waals surface area contributed by atoms with Gasteiger partial charge in [-0.05, 0) is 62.6 Å². The van der Waals surface area contributed by atoms with Crippen LogP contribution in [0.15, 0.2) is 30.6 Å². The first-order valence-electron chi connectivity index (χ1n) is 12.4. The summed E-state index contributed by atoms with van der Waals surface area (Å²) < 4.78 is 2.25. The van der Waals surface area contributed by atoms with Gasteiger partial charge in [-0.3, -0.25) is 0 Å². The van der Waals surface area contributed by atoms with Gasteiger partial charge in [-0.1, -0.05) is 31.4 Å². The Kier molecular flexibility index (Phi) is 6.62. The molecule has 0 atom stereocenters. The number of phenolic OH excluding ortho intramolecular Hbond substituents is 1. The van der Waals surface area contributed by atoms with Crippen molar-refractivity contribution in [2.45, 2.75) is 82.4 Å². The van der Waals surface area contributed by atoms with Crippen molar-refractivity contribution in [1.29, 1.82) is 0 Å². The summed E-state index contributed by atoms with van der Waals surface area (Å²) in [7, 11) is 0. The Morgan fingerprint density at radius 3 is 2.45 bits per heavy atom. The highest BCUT2D eigenvalue weighted by atomic mass is 16.3. The molecule has 176 valence electrons. The molecule has 3 aromatic rings. The lowest BCUT2D eigenvalue weighted by molar-refractivity contribution is 0.126. The Morgan fingerprint density at radius 1 is 0.939 bits per heavy atom. The van der Waals surface area contributed by atoms with E-state index in [1.807, 2.05) is 18.5 Å². The molecule has 2 aromatic heterocycles. The lowest BCUT2D eigenvalue weighted by Gasteiger charge is -2.26. The Morgan fingerprint density at radius 2 is 1.70 bits per heavy atom. The summed E-state index contributed by atoms with van der Waals surface area (Å²) >= 11 is 0. The highest BCUT2D eigenvalue weighted by molar-refractivity contribution is 5.84. The summed E-state index contributed by atoms with van der Waals surface area (Å²) in [6, 6.07) is 8.03. The van der Waals surface area contributed by atoms with Crippen LogP contribution in [-0.2, 0) is 6.42 Å². The van der Waals surface area contributed by atoms with Gasteiger partial charge in [0.25, 0.3) is 0 Å². The first kappa shape index (κ1) is 21.9. The number of anilines is 2. The molecular weight excluding hydrogens is 416 g/mol. The van der Waals surface area contributed by atoms with Gasteiger partial charge in [0.1, 0.15) is 5.75 Å². The van der Waals surface area contributed by atoms with Crippen LogP contribution in [0.2, 0.25) is 0 Å². The average Bonchev–Trinajstić information content (AvgIpc) is 3.27. The minimum absolute atomic E-state index is 0.184. The van der Waals surface area contributed by atoms with Gasteiger partial charge in [0, 0.05) is 18.6 Å². The number of aromatic nitrogens is 4. The van der Waals surface area contributed by atoms with E-state index in [0.29, 0.717) is 18.5 Å². The molecule has 0 bridgehead atoms. The van der Waals surface area contributed by atoms with Gasteiger partial charge in [-0.2, -0.15) is 9.97 Å². The van der Waals surface area contributed by atoms with Gasteiger partial charge >= 0.3 is 0 Å². The van der Waals surface area contributed by atoms with Crippen LogP contribution < -0.4 is 10.6 Å². The zero-order chi connectivity index (χ0) is 22.6. The van der Waals surface area contributed by atoms with Crippen LogP contribution in [0.3, 0.4) is 0 Å². The van der Waals surface area contributed by atoms with Crippen LogP contribution in [0.25, 0.3) is 11.2 Å². The molecule has 2 saturated carbocycles. The molecule has 4 N–H and O–H groups in total. The largest absolute Gasteiger partial charge is 0.508 e. The predicted molar refractivity (Wildman–Crippen MR) is 130 cm³/mol. The standard InChI is InChI=1S/C25H34N6O2/c32-20-10-6-17(7-11-20)14-15-26-23-22-24(31(16-27-22)19-4-2-1-3-5-19)30-25(29-23)28-18-8-12-21(33)13-9-18/h6-7,10-11,16,18-19,21,32-33H,1-5,8-9,12-15H2,(H2,26,28,29,30). The van der Waals surface area contributed by atoms with Crippen molar-refractivity contribution >= 4 is 22.9 Å². The number of aliphatic hydroxyl groups is 1. The maximum atomic E-state index is 9.84. The first-order valence-corrected chi connectivity index (χ1v) is 12.4. The molecule has 8 heteroatoms. The van der Waals surface area contributed by atoms with Crippen LogP contribution in [0.5, 0.6) is 5.75 Å². The smallest absolute Gasteiger partial charge is 0.227 e. The summed E-state index contributed by atoms with van der Waals surface area (Å²) in [6.45, 7) is 0.711. The predicted octanol–water partition coefficient (Wildman–Crippen LogP) is 4.41. The molecule has 0 unspecified atom stereocenters. The van der Waals surface area contributed by atoms with Crippen molar-refractivity contribution in [3.05, 3.63) is 36.2 Å². The topological polar surface area (TPSA) is 108 Å². The minimum atomic E-state index is -0.184. The Bertz CT molecular complexity index is 1050. The Hall–Kier alpha value is -2.87. The number of rotatable bonds is 7. The summed E-state index contributed by atoms with van der Waals surface area (Å²) in [5.74, 6) is 1.67. The monoisotopic (exact) mass is 450 g/mol. The van der Waals surface area contributed by atoms with E-state index in [9.17, 15) is 10.2 Å². The van der Waals surface area contributed by atoms with Crippen LogP contribution in [0.1, 0.15) is 69.4 Å². The van der Waals surface area contributed by atoms with E-state index in [1.54, 1.807) is 12.1 Å². The lowest BCUT2D eigenvalue weighted by Crippen LogP contribution is -2.29. The molecule has 0 saturated heterocycles. The number of nitrogens with one attached hydrogen (secondary N) is 2. The molecule has 0 spiro atoms. The number of fused-ring (bicyclic) bond motifs is 1. The molecule has 2 aliphatic carbocycles. The molecule has 8 nitrogen and oxygen atoms in total. The van der Waals surface area contributed by atoms with E-state index in [4.69, 9.17) is 15.0 Å².